The zero-order chi connectivity index (χ0) is 18.0. The topological polar surface area (TPSA) is 36.4 Å². The van der Waals surface area contributed by atoms with Crippen LogP contribution in [-0.2, 0) is 4.79 Å². The molecule has 26 heavy (non-hydrogen) atoms. The molecule has 0 bridgehead atoms. The van der Waals surface area contributed by atoms with Gasteiger partial charge in [-0.25, -0.2) is 4.98 Å². The maximum atomic E-state index is 13.1. The van der Waals surface area contributed by atoms with Crippen LogP contribution in [0.1, 0.15) is 37.7 Å². The van der Waals surface area contributed by atoms with Crippen LogP contribution in [0.25, 0.3) is 10.2 Å². The van der Waals surface area contributed by atoms with Crippen molar-refractivity contribution in [2.24, 2.45) is 5.92 Å². The Bertz CT molecular complexity index is 757. The third kappa shape index (κ3) is 4.69. The van der Waals surface area contributed by atoms with Gasteiger partial charge in [0.15, 0.2) is 5.13 Å². The molecule has 0 atom stereocenters. The first kappa shape index (κ1) is 21.4. The van der Waals surface area contributed by atoms with E-state index >= 15 is 0 Å². The van der Waals surface area contributed by atoms with Crippen molar-refractivity contribution in [3.05, 3.63) is 22.7 Å². The molecule has 1 aromatic carbocycles. The number of aryl methyl sites for hydroxylation is 1. The highest BCUT2D eigenvalue weighted by molar-refractivity contribution is 7.22. The van der Waals surface area contributed by atoms with E-state index in [1.807, 2.05) is 24.0 Å². The van der Waals surface area contributed by atoms with E-state index in [2.05, 4.69) is 19.0 Å². The van der Waals surface area contributed by atoms with Gasteiger partial charge in [0.25, 0.3) is 0 Å². The number of rotatable bonds is 6. The van der Waals surface area contributed by atoms with Crippen LogP contribution in [-0.4, -0.2) is 43.0 Å². The molecular weight excluding hydrogens is 389 g/mol. The Kier molecular flexibility index (Phi) is 7.71. The number of thiazole rings is 1. The maximum Gasteiger partial charge on any atom is 0.231 e. The quantitative estimate of drug-likeness (QED) is 0.653. The number of halogens is 2. The number of carbonyl (C=O) groups is 1. The summed E-state index contributed by atoms with van der Waals surface area (Å²) in [6, 6.07) is 3.92. The van der Waals surface area contributed by atoms with Crippen molar-refractivity contribution in [1.29, 1.82) is 0 Å². The average Bonchev–Trinajstić information content (AvgIpc) is 3.24. The second-order valence-electron chi connectivity index (χ2n) is 7.14. The molecule has 3 rings (SSSR count). The molecule has 7 heteroatoms. The molecule has 0 unspecified atom stereocenters. The Balaban J connectivity index is 0.00000243. The largest absolute Gasteiger partial charge is 0.309 e. The van der Waals surface area contributed by atoms with Crippen LogP contribution in [0.4, 0.5) is 5.13 Å². The van der Waals surface area contributed by atoms with E-state index in [0.717, 1.165) is 71.1 Å². The Labute approximate surface area is 170 Å². The number of hydrogen-bond acceptors (Lipinski definition) is 4. The summed E-state index contributed by atoms with van der Waals surface area (Å²) < 4.78 is 1.09. The first-order valence-corrected chi connectivity index (χ1v) is 10.2. The Morgan fingerprint density at radius 3 is 2.62 bits per heavy atom. The molecule has 0 aliphatic heterocycles. The average molecular weight is 416 g/mol. The van der Waals surface area contributed by atoms with Gasteiger partial charge in [-0.3, -0.25) is 9.69 Å². The van der Waals surface area contributed by atoms with E-state index in [1.54, 1.807) is 11.3 Å². The van der Waals surface area contributed by atoms with E-state index in [1.165, 1.54) is 0 Å². The molecule has 1 saturated carbocycles. The number of carbonyl (C=O) groups excluding carboxylic acids is 1. The van der Waals surface area contributed by atoms with Gasteiger partial charge >= 0.3 is 0 Å². The fourth-order valence-corrected chi connectivity index (χ4v) is 4.65. The fraction of sp³-hybridized carbons (Fsp3) is 0.579. The molecule has 0 spiro atoms. The molecule has 0 radical (unpaired) electrons. The predicted octanol–water partition coefficient (Wildman–Crippen LogP) is 5.15. The van der Waals surface area contributed by atoms with Crippen molar-refractivity contribution in [2.45, 2.75) is 39.0 Å². The van der Waals surface area contributed by atoms with Crippen molar-refractivity contribution in [1.82, 2.24) is 9.88 Å². The van der Waals surface area contributed by atoms with Gasteiger partial charge in [0.2, 0.25) is 5.91 Å². The SMILES string of the molecule is Cc1c(Cl)ccc2sc(N(CCCN(C)C)C(=O)C3CCCC3)nc12.Cl. The lowest BCUT2D eigenvalue weighted by atomic mass is 10.1. The monoisotopic (exact) mass is 415 g/mol. The molecular formula is C19H27Cl2N3OS. The van der Waals surface area contributed by atoms with Gasteiger partial charge in [0.1, 0.15) is 0 Å². The van der Waals surface area contributed by atoms with E-state index in [4.69, 9.17) is 16.6 Å². The summed E-state index contributed by atoms with van der Waals surface area (Å²) in [7, 11) is 4.12. The van der Waals surface area contributed by atoms with Gasteiger partial charge in [0, 0.05) is 17.5 Å². The molecule has 1 fully saturated rings. The van der Waals surface area contributed by atoms with Gasteiger partial charge in [0.05, 0.1) is 10.2 Å². The van der Waals surface area contributed by atoms with Gasteiger partial charge in [-0.2, -0.15) is 0 Å². The van der Waals surface area contributed by atoms with Crippen LogP contribution in [0.3, 0.4) is 0 Å². The Hall–Kier alpha value is -0.880. The van der Waals surface area contributed by atoms with Crippen LogP contribution in [0.2, 0.25) is 5.02 Å². The lowest BCUT2D eigenvalue weighted by Crippen LogP contribution is -2.37. The van der Waals surface area contributed by atoms with Gasteiger partial charge in [-0.1, -0.05) is 35.8 Å². The minimum absolute atomic E-state index is 0. The van der Waals surface area contributed by atoms with E-state index < -0.39 is 0 Å². The molecule has 1 aliphatic carbocycles. The summed E-state index contributed by atoms with van der Waals surface area (Å²) in [6.45, 7) is 3.67. The number of anilines is 1. The smallest absolute Gasteiger partial charge is 0.231 e. The van der Waals surface area contributed by atoms with Crippen LogP contribution < -0.4 is 4.90 Å². The number of benzene rings is 1. The van der Waals surface area contributed by atoms with E-state index in [0.29, 0.717) is 0 Å². The third-order valence-electron chi connectivity index (χ3n) is 4.92. The third-order valence-corrected chi connectivity index (χ3v) is 6.38. The summed E-state index contributed by atoms with van der Waals surface area (Å²) in [6.07, 6.45) is 5.30. The number of amides is 1. The van der Waals surface area contributed by atoms with Crippen molar-refractivity contribution in [3.8, 4) is 0 Å². The molecule has 144 valence electrons. The van der Waals surface area contributed by atoms with Crippen molar-refractivity contribution in [2.75, 3.05) is 32.1 Å². The summed E-state index contributed by atoms with van der Waals surface area (Å²) in [5, 5.41) is 1.54. The van der Waals surface area contributed by atoms with Crippen LogP contribution in [0, 0.1) is 12.8 Å². The number of nitrogens with zero attached hydrogens (tertiary/aromatic N) is 3. The molecule has 2 aromatic rings. The first-order chi connectivity index (χ1) is 12.0. The van der Waals surface area contributed by atoms with E-state index in [-0.39, 0.29) is 24.2 Å². The lowest BCUT2D eigenvalue weighted by molar-refractivity contribution is -0.122. The summed E-state index contributed by atoms with van der Waals surface area (Å²) in [5.41, 5.74) is 1.91. The molecule has 1 aliphatic rings. The van der Waals surface area contributed by atoms with Gasteiger partial charge in [-0.05, 0) is 64.5 Å². The second-order valence-corrected chi connectivity index (χ2v) is 8.56. The standard InChI is InChI=1S/C19H26ClN3OS.ClH/c1-13-15(20)9-10-16-17(13)21-19(25-16)23(12-6-11-22(2)3)18(24)14-7-4-5-8-14;/h9-10,14H,4-8,11-12H2,1-3H3;1H. The molecule has 0 saturated heterocycles. The van der Waals surface area contributed by atoms with Crippen molar-refractivity contribution >= 4 is 56.6 Å². The molecule has 1 amide bonds. The van der Waals surface area contributed by atoms with Crippen LogP contribution in [0.15, 0.2) is 12.1 Å². The summed E-state index contributed by atoms with van der Waals surface area (Å²) >= 11 is 7.84. The highest BCUT2D eigenvalue weighted by Gasteiger charge is 2.29. The molecule has 0 N–H and O–H groups in total. The maximum absolute atomic E-state index is 13.1. The number of hydrogen-bond donors (Lipinski definition) is 0. The molecule has 1 aromatic heterocycles. The first-order valence-electron chi connectivity index (χ1n) is 8.99. The predicted molar refractivity (Wildman–Crippen MR) is 114 cm³/mol. The Morgan fingerprint density at radius 1 is 1.27 bits per heavy atom. The Morgan fingerprint density at radius 2 is 1.96 bits per heavy atom. The fourth-order valence-electron chi connectivity index (χ4n) is 3.44. The minimum atomic E-state index is 0. The van der Waals surface area contributed by atoms with Crippen molar-refractivity contribution < 1.29 is 4.79 Å². The zero-order valence-electron chi connectivity index (χ0n) is 15.6. The number of fused-ring (bicyclic) bond motifs is 1. The summed E-state index contributed by atoms with van der Waals surface area (Å²) in [4.78, 5) is 22.0. The molecule has 1 heterocycles. The van der Waals surface area contributed by atoms with Crippen molar-refractivity contribution in [3.63, 3.8) is 0 Å². The van der Waals surface area contributed by atoms with Crippen LogP contribution in [0.5, 0.6) is 0 Å². The highest BCUT2D eigenvalue weighted by Crippen LogP contribution is 2.35. The van der Waals surface area contributed by atoms with E-state index in [9.17, 15) is 4.79 Å². The minimum Gasteiger partial charge on any atom is -0.309 e. The normalized spacial score (nSPS) is 14.8. The molecule has 4 nitrogen and oxygen atoms in total. The lowest BCUT2D eigenvalue weighted by Gasteiger charge is -2.24. The summed E-state index contributed by atoms with van der Waals surface area (Å²) in [5.74, 6) is 0.412. The van der Waals surface area contributed by atoms with Gasteiger partial charge in [-0.15, -0.1) is 12.4 Å². The van der Waals surface area contributed by atoms with Crippen LogP contribution >= 0.6 is 35.3 Å². The number of aromatic nitrogens is 1. The van der Waals surface area contributed by atoms with Gasteiger partial charge < -0.3 is 4.90 Å². The second kappa shape index (κ2) is 9.36. The zero-order valence-corrected chi connectivity index (χ0v) is 18.0. The highest BCUT2D eigenvalue weighted by atomic mass is 35.5.